The van der Waals surface area contributed by atoms with Gasteiger partial charge in [0.2, 0.25) is 0 Å². The molecule has 0 aliphatic carbocycles. The molecular weight excluding hydrogens is 468 g/mol. The van der Waals surface area contributed by atoms with Crippen molar-refractivity contribution in [1.29, 1.82) is 0 Å². The molecule has 0 unspecified atom stereocenters. The highest BCUT2D eigenvalue weighted by atomic mass is 79.9. The van der Waals surface area contributed by atoms with Gasteiger partial charge in [0, 0.05) is 28.5 Å². The molecule has 5 rings (SSSR count). The summed E-state index contributed by atoms with van der Waals surface area (Å²) in [7, 11) is 0. The first-order chi connectivity index (χ1) is 15.7. The minimum absolute atomic E-state index is 0.158. The van der Waals surface area contributed by atoms with Gasteiger partial charge in [-0.25, -0.2) is 0 Å². The number of para-hydroxylation sites is 1. The smallest absolute Gasteiger partial charge is 0.255 e. The monoisotopic (exact) mass is 490 g/mol. The van der Waals surface area contributed by atoms with Crippen LogP contribution >= 0.6 is 15.9 Å². The van der Waals surface area contributed by atoms with Crippen molar-refractivity contribution >= 4 is 38.5 Å². The molecule has 0 radical (unpaired) electrons. The van der Waals surface area contributed by atoms with E-state index in [0.717, 1.165) is 39.9 Å². The fraction of sp³-hybridized carbons (Fsp3) is 0.192. The van der Waals surface area contributed by atoms with Crippen LogP contribution in [-0.4, -0.2) is 37.1 Å². The lowest BCUT2D eigenvalue weighted by atomic mass is 10.00. The van der Waals surface area contributed by atoms with Gasteiger partial charge in [-0.05, 0) is 42.0 Å². The fourth-order valence-corrected chi connectivity index (χ4v) is 4.62. The number of amides is 1. The molecule has 0 saturated carbocycles. The van der Waals surface area contributed by atoms with E-state index < -0.39 is 0 Å². The molecule has 1 aromatic heterocycles. The maximum atomic E-state index is 13.1. The minimum Gasteiger partial charge on any atom is -0.457 e. The lowest BCUT2D eigenvalue weighted by Gasteiger charge is -2.34. The molecule has 0 bridgehead atoms. The molecule has 0 spiro atoms. The first kappa shape index (κ1) is 20.9. The minimum atomic E-state index is -0.159. The third-order valence-corrected chi connectivity index (χ3v) is 6.21. The quantitative estimate of drug-likeness (QED) is 0.380. The second-order valence-corrected chi connectivity index (χ2v) is 8.68. The molecule has 1 saturated heterocycles. The van der Waals surface area contributed by atoms with Crippen LogP contribution in [0.4, 0.5) is 5.69 Å². The van der Waals surface area contributed by atoms with Crippen LogP contribution in [0.5, 0.6) is 0 Å². The molecule has 1 aliphatic heterocycles. The van der Waals surface area contributed by atoms with Crippen LogP contribution in [0.3, 0.4) is 0 Å². The zero-order valence-electron chi connectivity index (χ0n) is 17.5. The molecule has 3 aromatic carbocycles. The molecule has 32 heavy (non-hydrogen) atoms. The van der Waals surface area contributed by atoms with Gasteiger partial charge in [0.05, 0.1) is 24.9 Å². The second kappa shape index (κ2) is 9.28. The number of furan rings is 1. The van der Waals surface area contributed by atoms with Gasteiger partial charge in [-0.15, -0.1) is 0 Å². The summed E-state index contributed by atoms with van der Waals surface area (Å²) in [5.41, 5.74) is 3.16. The Morgan fingerprint density at radius 1 is 0.938 bits per heavy atom. The topological polar surface area (TPSA) is 54.7 Å². The summed E-state index contributed by atoms with van der Waals surface area (Å²) in [5.74, 6) is 0.573. The summed E-state index contributed by atoms with van der Waals surface area (Å²) >= 11 is 3.61. The Morgan fingerprint density at radius 3 is 2.47 bits per heavy atom. The van der Waals surface area contributed by atoms with Gasteiger partial charge in [-0.2, -0.15) is 0 Å². The largest absolute Gasteiger partial charge is 0.457 e. The number of rotatable bonds is 5. The number of anilines is 1. The first-order valence-electron chi connectivity index (χ1n) is 10.7. The van der Waals surface area contributed by atoms with Gasteiger partial charge >= 0.3 is 0 Å². The van der Waals surface area contributed by atoms with Crippen LogP contribution in [0.2, 0.25) is 0 Å². The summed E-state index contributed by atoms with van der Waals surface area (Å²) < 4.78 is 13.0. The third kappa shape index (κ3) is 4.21. The average molecular weight is 491 g/mol. The van der Waals surface area contributed by atoms with Gasteiger partial charge in [-0.3, -0.25) is 9.69 Å². The molecule has 162 valence electrons. The number of hydrogen-bond donors (Lipinski definition) is 1. The Kier molecular flexibility index (Phi) is 6.08. The molecule has 1 N–H and O–H groups in total. The average Bonchev–Trinajstić information content (AvgIpc) is 3.18. The van der Waals surface area contributed by atoms with Crippen molar-refractivity contribution in [3.05, 3.63) is 100 Å². The Balaban J connectivity index is 1.64. The van der Waals surface area contributed by atoms with Crippen molar-refractivity contribution in [2.45, 2.75) is 6.04 Å². The molecule has 6 heteroatoms. The number of nitrogens with zero attached hydrogens (tertiary/aromatic N) is 1. The first-order valence-corrected chi connectivity index (χ1v) is 11.4. The molecule has 4 aromatic rings. The van der Waals surface area contributed by atoms with E-state index in [1.807, 2.05) is 66.7 Å². The lowest BCUT2D eigenvalue weighted by molar-refractivity contribution is 0.0206. The number of carbonyl (C=O) groups excluding carboxylic acids is 1. The van der Waals surface area contributed by atoms with Gasteiger partial charge in [0.15, 0.2) is 0 Å². The highest BCUT2D eigenvalue weighted by Crippen LogP contribution is 2.41. The van der Waals surface area contributed by atoms with Crippen molar-refractivity contribution < 1.29 is 13.9 Å². The van der Waals surface area contributed by atoms with Gasteiger partial charge < -0.3 is 14.5 Å². The van der Waals surface area contributed by atoms with Crippen molar-refractivity contribution in [2.75, 3.05) is 31.6 Å². The van der Waals surface area contributed by atoms with Crippen LogP contribution in [0.15, 0.2) is 87.8 Å². The van der Waals surface area contributed by atoms with Gasteiger partial charge in [-0.1, -0.05) is 58.4 Å². The van der Waals surface area contributed by atoms with Gasteiger partial charge in [0.1, 0.15) is 11.3 Å². The van der Waals surface area contributed by atoms with Crippen LogP contribution in [0, 0.1) is 0 Å². The number of halogens is 1. The highest BCUT2D eigenvalue weighted by molar-refractivity contribution is 9.10. The van der Waals surface area contributed by atoms with E-state index in [4.69, 9.17) is 9.15 Å². The Bertz CT molecular complexity index is 1230. The number of carbonyl (C=O) groups is 1. The number of nitrogens with one attached hydrogen (secondary N) is 1. The zero-order chi connectivity index (χ0) is 21.9. The van der Waals surface area contributed by atoms with Crippen LogP contribution in [0.25, 0.3) is 11.0 Å². The normalized spacial score (nSPS) is 15.5. The standard InChI is InChI=1S/C26H23BrN2O3/c27-20-10-6-9-19(17-20)24(29-13-15-31-16-14-29)25-23(21-11-4-5-12-22(21)32-25)28-26(30)18-7-2-1-3-8-18/h1-12,17,24H,13-16H2,(H,28,30)/t24-/m0/s1. The highest BCUT2D eigenvalue weighted by Gasteiger charge is 2.31. The van der Waals surface area contributed by atoms with Crippen LogP contribution < -0.4 is 5.32 Å². The van der Waals surface area contributed by atoms with Crippen LogP contribution in [0.1, 0.15) is 27.7 Å². The van der Waals surface area contributed by atoms with Crippen molar-refractivity contribution in [2.24, 2.45) is 0 Å². The number of fused-ring (bicyclic) bond motifs is 1. The summed E-state index contributed by atoms with van der Waals surface area (Å²) in [4.78, 5) is 15.5. The van der Waals surface area contributed by atoms with E-state index in [0.29, 0.717) is 24.5 Å². The summed E-state index contributed by atoms with van der Waals surface area (Å²) in [5, 5.41) is 4.04. The van der Waals surface area contributed by atoms with Crippen LogP contribution in [-0.2, 0) is 4.74 Å². The predicted molar refractivity (Wildman–Crippen MR) is 129 cm³/mol. The molecule has 1 fully saturated rings. The summed E-state index contributed by atoms with van der Waals surface area (Å²) in [6.07, 6.45) is 0. The Morgan fingerprint density at radius 2 is 1.69 bits per heavy atom. The fourth-order valence-electron chi connectivity index (χ4n) is 4.20. The van der Waals surface area contributed by atoms with E-state index in [1.54, 1.807) is 0 Å². The molecule has 1 atom stereocenters. The van der Waals surface area contributed by atoms with E-state index in [1.165, 1.54) is 0 Å². The predicted octanol–water partition coefficient (Wildman–Crippen LogP) is 5.87. The molecule has 5 nitrogen and oxygen atoms in total. The number of hydrogen-bond acceptors (Lipinski definition) is 4. The summed E-state index contributed by atoms with van der Waals surface area (Å²) in [6.45, 7) is 2.88. The second-order valence-electron chi connectivity index (χ2n) is 7.76. The van der Waals surface area contributed by atoms with Crippen molar-refractivity contribution in [1.82, 2.24) is 4.90 Å². The number of ether oxygens (including phenoxy) is 1. The van der Waals surface area contributed by atoms with Gasteiger partial charge in [0.25, 0.3) is 5.91 Å². The van der Waals surface area contributed by atoms with E-state index in [-0.39, 0.29) is 11.9 Å². The molecular formula is C26H23BrN2O3. The maximum Gasteiger partial charge on any atom is 0.255 e. The number of benzene rings is 3. The molecule has 2 heterocycles. The SMILES string of the molecule is O=C(Nc1c([C@H](c2cccc(Br)c2)N2CCOCC2)oc2ccccc12)c1ccccc1. The molecule has 1 amide bonds. The maximum absolute atomic E-state index is 13.1. The Hall–Kier alpha value is -2.93. The number of morpholine rings is 1. The van der Waals surface area contributed by atoms with E-state index in [2.05, 4.69) is 38.3 Å². The molecule has 1 aliphatic rings. The van der Waals surface area contributed by atoms with E-state index in [9.17, 15) is 4.79 Å². The lowest BCUT2D eigenvalue weighted by Crippen LogP contribution is -2.39. The summed E-state index contributed by atoms with van der Waals surface area (Å²) in [6, 6.07) is 25.2. The van der Waals surface area contributed by atoms with Crippen molar-refractivity contribution in [3.63, 3.8) is 0 Å². The Labute approximate surface area is 195 Å². The zero-order valence-corrected chi connectivity index (χ0v) is 19.0. The third-order valence-electron chi connectivity index (χ3n) is 5.72. The van der Waals surface area contributed by atoms with E-state index >= 15 is 0 Å². The van der Waals surface area contributed by atoms with Crippen molar-refractivity contribution in [3.8, 4) is 0 Å².